The molecule has 1 amide bonds. The van der Waals surface area contributed by atoms with Crippen molar-refractivity contribution in [2.24, 2.45) is 5.73 Å². The van der Waals surface area contributed by atoms with E-state index in [0.29, 0.717) is 12.1 Å². The Morgan fingerprint density at radius 1 is 1.06 bits per heavy atom. The van der Waals surface area contributed by atoms with E-state index in [0.717, 1.165) is 48.7 Å². The highest BCUT2D eigenvalue weighted by Gasteiger charge is 2.23. The molecule has 3 aromatic heterocycles. The fourth-order valence-electron chi connectivity index (χ4n) is 5.52. The van der Waals surface area contributed by atoms with E-state index in [1.807, 2.05) is 29.3 Å². The van der Waals surface area contributed by atoms with Gasteiger partial charge in [-0.15, -0.1) is 0 Å². The molecule has 1 saturated heterocycles. The topological polar surface area (TPSA) is 68.6 Å². The molecular weight excluding hydrogens is 446 g/mol. The van der Waals surface area contributed by atoms with Gasteiger partial charge >= 0.3 is 0 Å². The quantitative estimate of drug-likeness (QED) is 0.371. The van der Waals surface area contributed by atoms with Gasteiger partial charge in [0, 0.05) is 54.0 Å². The summed E-state index contributed by atoms with van der Waals surface area (Å²) in [5, 5.41) is 1.19. The van der Waals surface area contributed by atoms with Crippen LogP contribution in [0.5, 0.6) is 0 Å². The van der Waals surface area contributed by atoms with Crippen molar-refractivity contribution in [2.45, 2.75) is 39.3 Å². The molecule has 1 fully saturated rings. The maximum atomic E-state index is 13.1. The molecule has 0 unspecified atom stereocenters. The molecule has 0 aliphatic carbocycles. The molecule has 1 atom stereocenters. The zero-order valence-electron chi connectivity index (χ0n) is 20.8. The number of hydrogen-bond acceptors (Lipinski definition) is 3. The molecule has 0 radical (unpaired) electrons. The van der Waals surface area contributed by atoms with Crippen molar-refractivity contribution in [1.29, 1.82) is 0 Å². The number of aromatic nitrogens is 3. The van der Waals surface area contributed by atoms with Crippen LogP contribution in [-0.2, 0) is 6.54 Å². The van der Waals surface area contributed by atoms with E-state index in [1.165, 1.54) is 22.0 Å². The van der Waals surface area contributed by atoms with E-state index < -0.39 is 0 Å². The fraction of sp³-hybridized carbons (Fsp3) is 0.267. The van der Waals surface area contributed by atoms with E-state index >= 15 is 0 Å². The Labute approximate surface area is 211 Å². The molecule has 6 rings (SSSR count). The summed E-state index contributed by atoms with van der Waals surface area (Å²) in [6.07, 6.45) is 3.89. The first kappa shape index (κ1) is 22.6. The number of carbonyl (C=O) groups excluding carboxylic acids is 1. The van der Waals surface area contributed by atoms with Gasteiger partial charge in [0.2, 0.25) is 0 Å². The van der Waals surface area contributed by atoms with Crippen molar-refractivity contribution in [3.8, 4) is 22.5 Å². The lowest BCUT2D eigenvalue weighted by atomic mass is 10.0. The van der Waals surface area contributed by atoms with Gasteiger partial charge in [-0.1, -0.05) is 42.5 Å². The van der Waals surface area contributed by atoms with Crippen LogP contribution >= 0.6 is 0 Å². The molecule has 6 nitrogen and oxygen atoms in total. The number of piperidine rings is 1. The normalized spacial score (nSPS) is 16.2. The number of pyridine rings is 1. The number of nitrogens with two attached hydrogens (primary N) is 1. The Morgan fingerprint density at radius 2 is 1.89 bits per heavy atom. The average molecular weight is 478 g/mol. The predicted octanol–water partition coefficient (Wildman–Crippen LogP) is 5.51. The first-order valence-corrected chi connectivity index (χ1v) is 12.8. The maximum Gasteiger partial charge on any atom is 0.254 e. The maximum absolute atomic E-state index is 13.1. The van der Waals surface area contributed by atoms with Gasteiger partial charge in [-0.05, 0) is 62.1 Å². The van der Waals surface area contributed by atoms with Gasteiger partial charge in [0.15, 0.2) is 0 Å². The minimum absolute atomic E-state index is 0.0333. The molecule has 2 aromatic carbocycles. The number of benzene rings is 2. The summed E-state index contributed by atoms with van der Waals surface area (Å²) in [6.45, 7) is 6.47. The Bertz CT molecular complexity index is 1580. The van der Waals surface area contributed by atoms with Crippen LogP contribution in [0.25, 0.3) is 39.1 Å². The standard InChI is InChI=1S/C30H31N5O/c1-3-34-26-16-22(21-8-5-4-6-9-21)11-12-23(26)17-27(34)29-20(2)35-15-13-24(18-28(35)32-29)30(36)33-14-7-10-25(31)19-33/h4-6,8-9,11-13,15-18,25H,3,7,10,14,19,31H2,1-2H3/t25-/m1/s1. The molecule has 0 spiro atoms. The molecule has 5 aromatic rings. The largest absolute Gasteiger partial charge is 0.339 e. The summed E-state index contributed by atoms with van der Waals surface area (Å²) >= 11 is 0. The predicted molar refractivity (Wildman–Crippen MR) is 145 cm³/mol. The third-order valence-electron chi connectivity index (χ3n) is 7.43. The number of carbonyl (C=O) groups is 1. The zero-order valence-corrected chi connectivity index (χ0v) is 20.8. The van der Waals surface area contributed by atoms with Gasteiger partial charge in [-0.25, -0.2) is 4.98 Å². The van der Waals surface area contributed by atoms with Crippen molar-refractivity contribution >= 4 is 22.5 Å². The van der Waals surface area contributed by atoms with Crippen molar-refractivity contribution in [2.75, 3.05) is 13.1 Å². The van der Waals surface area contributed by atoms with Crippen molar-refractivity contribution in [3.05, 3.63) is 84.2 Å². The van der Waals surface area contributed by atoms with Gasteiger partial charge in [0.25, 0.3) is 5.91 Å². The van der Waals surface area contributed by atoms with Crippen LogP contribution in [0.15, 0.2) is 72.9 Å². The number of fused-ring (bicyclic) bond motifs is 2. The Balaban J connectivity index is 1.41. The lowest BCUT2D eigenvalue weighted by Crippen LogP contribution is -2.45. The Kier molecular flexibility index (Phi) is 5.61. The first-order chi connectivity index (χ1) is 17.5. The van der Waals surface area contributed by atoms with Crippen LogP contribution in [0, 0.1) is 6.92 Å². The molecular formula is C30H31N5O. The number of likely N-dealkylation sites (tertiary alicyclic amines) is 1. The summed E-state index contributed by atoms with van der Waals surface area (Å²) in [7, 11) is 0. The SMILES string of the molecule is CCn1c(-c2nc3cc(C(=O)N4CCC[C@@H](N)C4)ccn3c2C)cc2ccc(-c3ccccc3)cc21. The monoisotopic (exact) mass is 477 g/mol. The molecule has 6 heteroatoms. The highest BCUT2D eigenvalue weighted by atomic mass is 16.2. The van der Waals surface area contributed by atoms with E-state index in [2.05, 4.69) is 71.3 Å². The van der Waals surface area contributed by atoms with Gasteiger partial charge in [-0.2, -0.15) is 0 Å². The van der Waals surface area contributed by atoms with E-state index in [-0.39, 0.29) is 11.9 Å². The number of aryl methyl sites for hydroxylation is 2. The highest BCUT2D eigenvalue weighted by Crippen LogP contribution is 2.33. The highest BCUT2D eigenvalue weighted by molar-refractivity contribution is 5.95. The molecule has 182 valence electrons. The molecule has 4 heterocycles. The second-order valence-electron chi connectivity index (χ2n) is 9.76. The van der Waals surface area contributed by atoms with Crippen LogP contribution in [0.3, 0.4) is 0 Å². The van der Waals surface area contributed by atoms with E-state index in [4.69, 9.17) is 10.7 Å². The van der Waals surface area contributed by atoms with E-state index in [1.54, 1.807) is 0 Å². The number of imidazole rings is 1. The summed E-state index contributed by atoms with van der Waals surface area (Å²) in [5.74, 6) is 0.0333. The van der Waals surface area contributed by atoms with E-state index in [9.17, 15) is 4.79 Å². The Hall–Kier alpha value is -3.90. The van der Waals surface area contributed by atoms with Crippen LogP contribution in [0.1, 0.15) is 35.8 Å². The van der Waals surface area contributed by atoms with Crippen LogP contribution in [0.2, 0.25) is 0 Å². The van der Waals surface area contributed by atoms with Crippen molar-refractivity contribution < 1.29 is 4.79 Å². The van der Waals surface area contributed by atoms with Gasteiger partial charge in [-0.3, -0.25) is 4.79 Å². The first-order valence-electron chi connectivity index (χ1n) is 12.8. The lowest BCUT2D eigenvalue weighted by Gasteiger charge is -2.30. The number of nitrogens with zero attached hydrogens (tertiary/aromatic N) is 4. The number of rotatable bonds is 4. The second-order valence-corrected chi connectivity index (χ2v) is 9.76. The van der Waals surface area contributed by atoms with Crippen LogP contribution < -0.4 is 5.73 Å². The van der Waals surface area contributed by atoms with Crippen molar-refractivity contribution in [1.82, 2.24) is 18.9 Å². The third-order valence-corrected chi connectivity index (χ3v) is 7.43. The average Bonchev–Trinajstić information content (AvgIpc) is 3.44. The van der Waals surface area contributed by atoms with Gasteiger partial charge in [0.1, 0.15) is 11.3 Å². The summed E-state index contributed by atoms with van der Waals surface area (Å²) < 4.78 is 4.40. The van der Waals surface area contributed by atoms with Gasteiger partial charge < -0.3 is 19.6 Å². The molecule has 1 aliphatic heterocycles. The van der Waals surface area contributed by atoms with Crippen LogP contribution in [-0.4, -0.2) is 43.9 Å². The van der Waals surface area contributed by atoms with Gasteiger partial charge in [0.05, 0.1) is 5.69 Å². The molecule has 1 aliphatic rings. The number of amides is 1. The Morgan fingerprint density at radius 3 is 2.67 bits per heavy atom. The lowest BCUT2D eigenvalue weighted by molar-refractivity contribution is 0.0709. The molecule has 36 heavy (non-hydrogen) atoms. The fourth-order valence-corrected chi connectivity index (χ4v) is 5.52. The third kappa shape index (κ3) is 3.78. The second kappa shape index (κ2) is 8.95. The molecule has 0 saturated carbocycles. The van der Waals surface area contributed by atoms with Crippen molar-refractivity contribution in [3.63, 3.8) is 0 Å². The summed E-state index contributed by atoms with van der Waals surface area (Å²) in [6, 6.07) is 23.2. The minimum Gasteiger partial charge on any atom is -0.339 e. The molecule has 2 N–H and O–H groups in total. The molecule has 0 bridgehead atoms. The number of hydrogen-bond donors (Lipinski definition) is 1. The zero-order chi connectivity index (χ0) is 24.8. The summed E-state index contributed by atoms with van der Waals surface area (Å²) in [4.78, 5) is 20.0. The smallest absolute Gasteiger partial charge is 0.254 e. The minimum atomic E-state index is 0.0333. The van der Waals surface area contributed by atoms with Crippen LogP contribution in [0.4, 0.5) is 0 Å². The summed E-state index contributed by atoms with van der Waals surface area (Å²) in [5.41, 5.74) is 14.3.